The summed E-state index contributed by atoms with van der Waals surface area (Å²) in [6.07, 6.45) is 5.70. The minimum Gasteiger partial charge on any atom is -0.478 e. The van der Waals surface area contributed by atoms with Crippen molar-refractivity contribution in [2.45, 2.75) is 33.4 Å². The van der Waals surface area contributed by atoms with Crippen LogP contribution >= 0.6 is 0 Å². The third-order valence-corrected chi connectivity index (χ3v) is 4.37. The number of aryl methyl sites for hydroxylation is 1. The summed E-state index contributed by atoms with van der Waals surface area (Å²) in [4.78, 5) is 13.4. The van der Waals surface area contributed by atoms with E-state index in [-0.39, 0.29) is 17.4 Å². The number of hydrogen-bond donors (Lipinski definition) is 1. The second kappa shape index (κ2) is 8.35. The number of aliphatic carboxylic acids is 1. The van der Waals surface area contributed by atoms with Gasteiger partial charge in [-0.05, 0) is 64.2 Å². The Balaban J connectivity index is 2.50. The second-order valence-corrected chi connectivity index (χ2v) is 7.28. The van der Waals surface area contributed by atoms with Crippen molar-refractivity contribution in [3.8, 4) is 0 Å². The molecule has 0 aliphatic heterocycles. The highest BCUT2D eigenvalue weighted by atomic mass is 19.1. The van der Waals surface area contributed by atoms with Crippen LogP contribution in [0.5, 0.6) is 0 Å². The first-order valence-electron chi connectivity index (χ1n) is 8.87. The van der Waals surface area contributed by atoms with Crippen molar-refractivity contribution in [3.05, 3.63) is 64.7 Å². The van der Waals surface area contributed by atoms with Gasteiger partial charge in [0.25, 0.3) is 0 Å². The lowest BCUT2D eigenvalue weighted by molar-refractivity contribution is -0.130. The van der Waals surface area contributed by atoms with Gasteiger partial charge < -0.3 is 14.6 Å². The van der Waals surface area contributed by atoms with Gasteiger partial charge in [-0.1, -0.05) is 18.7 Å². The average molecular weight is 370 g/mol. The number of hydrogen-bond acceptors (Lipinski definition) is 2. The molecule has 1 aromatic carbocycles. The molecule has 0 aliphatic carbocycles. The zero-order valence-electron chi connectivity index (χ0n) is 16.6. The fourth-order valence-electron chi connectivity index (χ4n) is 3.11. The van der Waals surface area contributed by atoms with Gasteiger partial charge in [-0.2, -0.15) is 0 Å². The Bertz CT molecular complexity index is 892. The molecule has 0 saturated carbocycles. The SMILES string of the molecule is C=C(C(=O)O)c1c(C)cn(C(C)C)c1/C=C/c1ccc(F)c(CN(C)C)c1. The van der Waals surface area contributed by atoms with Crippen molar-refractivity contribution < 1.29 is 14.3 Å². The van der Waals surface area contributed by atoms with E-state index in [4.69, 9.17) is 0 Å². The van der Waals surface area contributed by atoms with Crippen LogP contribution in [-0.4, -0.2) is 34.6 Å². The van der Waals surface area contributed by atoms with Crippen molar-refractivity contribution >= 4 is 23.7 Å². The third kappa shape index (κ3) is 4.74. The maximum atomic E-state index is 14.0. The van der Waals surface area contributed by atoms with Crippen LogP contribution in [0.15, 0.2) is 31.0 Å². The molecule has 4 nitrogen and oxygen atoms in total. The van der Waals surface area contributed by atoms with Gasteiger partial charge in [0.2, 0.25) is 0 Å². The Hall–Kier alpha value is -2.66. The van der Waals surface area contributed by atoms with Gasteiger partial charge in [0, 0.05) is 35.6 Å². The summed E-state index contributed by atoms with van der Waals surface area (Å²) in [5, 5.41) is 9.39. The summed E-state index contributed by atoms with van der Waals surface area (Å²) in [6.45, 7) is 10.2. The number of nitrogens with zero attached hydrogens (tertiary/aromatic N) is 2. The van der Waals surface area contributed by atoms with Gasteiger partial charge in [0.15, 0.2) is 0 Å². The topological polar surface area (TPSA) is 45.5 Å². The number of halogens is 1. The Kier molecular flexibility index (Phi) is 6.39. The number of carboxylic acid groups (broad SMARTS) is 1. The summed E-state index contributed by atoms with van der Waals surface area (Å²) in [5.74, 6) is -1.27. The molecule has 27 heavy (non-hydrogen) atoms. The predicted octanol–water partition coefficient (Wildman–Crippen LogP) is 4.85. The number of carboxylic acids is 1. The monoisotopic (exact) mass is 370 g/mol. The Labute approximate surface area is 160 Å². The molecule has 5 heteroatoms. The molecule has 144 valence electrons. The summed E-state index contributed by atoms with van der Waals surface area (Å²) in [6, 6.07) is 5.15. The van der Waals surface area contributed by atoms with E-state index in [2.05, 4.69) is 6.58 Å². The number of carbonyl (C=O) groups is 1. The predicted molar refractivity (Wildman–Crippen MR) is 109 cm³/mol. The Morgan fingerprint density at radius 3 is 2.56 bits per heavy atom. The van der Waals surface area contributed by atoms with Crippen LogP contribution < -0.4 is 0 Å². The van der Waals surface area contributed by atoms with Gasteiger partial charge in [-0.15, -0.1) is 0 Å². The normalized spacial score (nSPS) is 11.7. The van der Waals surface area contributed by atoms with E-state index >= 15 is 0 Å². The molecule has 0 aliphatic rings. The second-order valence-electron chi connectivity index (χ2n) is 7.28. The molecule has 0 bridgehead atoms. The van der Waals surface area contributed by atoms with Crippen LogP contribution in [0.1, 0.15) is 47.8 Å². The van der Waals surface area contributed by atoms with Crippen LogP contribution in [0.4, 0.5) is 4.39 Å². The van der Waals surface area contributed by atoms with Gasteiger partial charge in [-0.3, -0.25) is 0 Å². The van der Waals surface area contributed by atoms with E-state index in [1.54, 1.807) is 6.07 Å². The van der Waals surface area contributed by atoms with Gasteiger partial charge in [-0.25, -0.2) is 9.18 Å². The first-order chi connectivity index (χ1) is 12.6. The highest BCUT2D eigenvalue weighted by Gasteiger charge is 2.19. The molecule has 0 unspecified atom stereocenters. The van der Waals surface area contributed by atoms with E-state index in [1.165, 1.54) is 6.07 Å². The van der Waals surface area contributed by atoms with E-state index in [9.17, 15) is 14.3 Å². The van der Waals surface area contributed by atoms with Crippen molar-refractivity contribution in [1.29, 1.82) is 0 Å². The third-order valence-electron chi connectivity index (χ3n) is 4.37. The zero-order valence-corrected chi connectivity index (χ0v) is 16.6. The van der Waals surface area contributed by atoms with Crippen molar-refractivity contribution in [2.75, 3.05) is 14.1 Å². The standard InChI is InChI=1S/C22H27FN2O2/c1-14(2)25-12-15(3)21(16(4)22(26)27)20(25)10-8-17-7-9-19(23)18(11-17)13-24(5)6/h7-12,14H,4,13H2,1-3,5-6H3,(H,26,27)/b10-8+. The molecule has 0 saturated heterocycles. The Morgan fingerprint density at radius 1 is 1.33 bits per heavy atom. The van der Waals surface area contributed by atoms with Crippen LogP contribution in [0.25, 0.3) is 17.7 Å². The fraction of sp³-hybridized carbons (Fsp3) is 0.318. The van der Waals surface area contributed by atoms with Crippen molar-refractivity contribution in [2.24, 2.45) is 0 Å². The van der Waals surface area contributed by atoms with Crippen LogP contribution in [0.3, 0.4) is 0 Å². The van der Waals surface area contributed by atoms with Crippen LogP contribution in [-0.2, 0) is 11.3 Å². The summed E-state index contributed by atoms with van der Waals surface area (Å²) in [7, 11) is 3.79. The summed E-state index contributed by atoms with van der Waals surface area (Å²) in [5.41, 5.74) is 3.82. The van der Waals surface area contributed by atoms with E-state index in [1.807, 2.05) is 68.7 Å². The summed E-state index contributed by atoms with van der Waals surface area (Å²) < 4.78 is 16.0. The molecule has 1 aromatic heterocycles. The first kappa shape index (κ1) is 20.6. The fourth-order valence-corrected chi connectivity index (χ4v) is 3.11. The smallest absolute Gasteiger partial charge is 0.335 e. The van der Waals surface area contributed by atoms with Gasteiger partial charge >= 0.3 is 5.97 Å². The molecule has 0 amide bonds. The molecule has 0 atom stereocenters. The lowest BCUT2D eigenvalue weighted by atomic mass is 10.0. The zero-order chi connectivity index (χ0) is 20.3. The molecule has 1 heterocycles. The minimum absolute atomic E-state index is 0.0685. The maximum absolute atomic E-state index is 14.0. The van der Waals surface area contributed by atoms with E-state index < -0.39 is 5.97 Å². The maximum Gasteiger partial charge on any atom is 0.335 e. The molecular weight excluding hydrogens is 343 g/mol. The van der Waals surface area contributed by atoms with Crippen molar-refractivity contribution in [1.82, 2.24) is 9.47 Å². The lowest BCUT2D eigenvalue weighted by Gasteiger charge is -2.13. The number of aromatic nitrogens is 1. The largest absolute Gasteiger partial charge is 0.478 e. The van der Waals surface area contributed by atoms with Crippen LogP contribution in [0, 0.1) is 12.7 Å². The quantitative estimate of drug-likeness (QED) is 0.709. The molecule has 2 aromatic rings. The molecule has 2 rings (SSSR count). The van der Waals surface area contributed by atoms with Gasteiger partial charge in [0.1, 0.15) is 5.82 Å². The van der Waals surface area contributed by atoms with Crippen molar-refractivity contribution in [3.63, 3.8) is 0 Å². The number of rotatable bonds is 7. The Morgan fingerprint density at radius 2 is 2.00 bits per heavy atom. The lowest BCUT2D eigenvalue weighted by Crippen LogP contribution is -2.12. The summed E-state index contributed by atoms with van der Waals surface area (Å²) >= 11 is 0. The van der Waals surface area contributed by atoms with Crippen LogP contribution in [0.2, 0.25) is 0 Å². The number of benzene rings is 1. The molecule has 0 radical (unpaired) electrons. The molecular formula is C22H27FN2O2. The van der Waals surface area contributed by atoms with E-state index in [0.29, 0.717) is 17.7 Å². The average Bonchev–Trinajstić information content (AvgIpc) is 2.91. The van der Waals surface area contributed by atoms with Gasteiger partial charge in [0.05, 0.1) is 5.57 Å². The van der Waals surface area contributed by atoms with E-state index in [0.717, 1.165) is 16.8 Å². The highest BCUT2D eigenvalue weighted by Crippen LogP contribution is 2.29. The molecule has 0 fully saturated rings. The molecule has 0 spiro atoms. The minimum atomic E-state index is -1.04. The first-order valence-corrected chi connectivity index (χ1v) is 8.87. The highest BCUT2D eigenvalue weighted by molar-refractivity contribution is 6.16. The molecule has 1 N–H and O–H groups in total.